The molecule has 1 aromatic heterocycles. The van der Waals surface area contributed by atoms with E-state index in [9.17, 15) is 0 Å². The minimum Gasteiger partial charge on any atom is -0.467 e. The second-order valence-electron chi connectivity index (χ2n) is 4.15. The van der Waals surface area contributed by atoms with E-state index in [1.165, 1.54) is 19.7 Å². The first-order valence-electron chi connectivity index (χ1n) is 5.55. The first-order chi connectivity index (χ1) is 8.19. The zero-order valence-electron chi connectivity index (χ0n) is 9.99. The summed E-state index contributed by atoms with van der Waals surface area (Å²) >= 11 is 6.00. The Balaban J connectivity index is 2.02. The van der Waals surface area contributed by atoms with Crippen LogP contribution in [0.4, 0.5) is 5.82 Å². The van der Waals surface area contributed by atoms with Gasteiger partial charge < -0.3 is 14.8 Å². The lowest BCUT2D eigenvalue weighted by Gasteiger charge is -2.40. The number of ether oxygens (including phenoxy) is 2. The van der Waals surface area contributed by atoms with E-state index in [2.05, 4.69) is 15.3 Å². The Morgan fingerprint density at radius 2 is 2.24 bits per heavy atom. The summed E-state index contributed by atoms with van der Waals surface area (Å²) in [5.74, 6) is 0.585. The monoisotopic (exact) mass is 257 g/mol. The van der Waals surface area contributed by atoms with E-state index in [0.717, 1.165) is 12.8 Å². The maximum atomic E-state index is 6.00. The van der Waals surface area contributed by atoms with Crippen LogP contribution in [0.1, 0.15) is 19.3 Å². The maximum absolute atomic E-state index is 6.00. The molecule has 5 nitrogen and oxygen atoms in total. The highest BCUT2D eigenvalue weighted by Crippen LogP contribution is 2.35. The molecule has 0 unspecified atom stereocenters. The lowest BCUT2D eigenvalue weighted by molar-refractivity contribution is -0.0601. The Morgan fingerprint density at radius 3 is 2.76 bits per heavy atom. The van der Waals surface area contributed by atoms with Crippen LogP contribution in [0.3, 0.4) is 0 Å². The molecule has 0 aromatic carbocycles. The zero-order chi connectivity index (χ0) is 12.3. The largest absolute Gasteiger partial charge is 0.467 e. The summed E-state index contributed by atoms with van der Waals surface area (Å²) in [6.45, 7) is 0.698. The van der Waals surface area contributed by atoms with Crippen molar-refractivity contribution in [1.82, 2.24) is 9.97 Å². The fourth-order valence-electron chi connectivity index (χ4n) is 1.84. The molecule has 0 aliphatic heterocycles. The molecule has 94 valence electrons. The lowest BCUT2D eigenvalue weighted by atomic mass is 9.80. The summed E-state index contributed by atoms with van der Waals surface area (Å²) < 4.78 is 10.5. The van der Waals surface area contributed by atoms with Gasteiger partial charge in [-0.1, -0.05) is 11.6 Å². The van der Waals surface area contributed by atoms with Gasteiger partial charge in [0, 0.05) is 13.7 Å². The van der Waals surface area contributed by atoms with Crippen molar-refractivity contribution in [3.05, 3.63) is 11.2 Å². The molecule has 0 radical (unpaired) electrons. The van der Waals surface area contributed by atoms with Crippen molar-refractivity contribution in [3.63, 3.8) is 0 Å². The average molecular weight is 258 g/mol. The smallest absolute Gasteiger partial charge is 0.318 e. The zero-order valence-corrected chi connectivity index (χ0v) is 10.8. The molecule has 6 heteroatoms. The van der Waals surface area contributed by atoms with Gasteiger partial charge in [-0.15, -0.1) is 0 Å². The van der Waals surface area contributed by atoms with Crippen LogP contribution in [0.5, 0.6) is 6.01 Å². The summed E-state index contributed by atoms with van der Waals surface area (Å²) in [6, 6.07) is 0.303. The van der Waals surface area contributed by atoms with Gasteiger partial charge in [0.25, 0.3) is 0 Å². The van der Waals surface area contributed by atoms with Crippen LogP contribution in [0.25, 0.3) is 0 Å². The van der Waals surface area contributed by atoms with E-state index < -0.39 is 0 Å². The normalized spacial score (nSPS) is 17.4. The van der Waals surface area contributed by atoms with Crippen molar-refractivity contribution < 1.29 is 9.47 Å². The average Bonchev–Trinajstić information content (AvgIpc) is 2.30. The standard InChI is InChI=1S/C11H16ClN3O2/c1-16-10-13-6-8(12)9(15-10)14-7-11(17-2)4-3-5-11/h6H,3-5,7H2,1-2H3,(H,13,14,15). The van der Waals surface area contributed by atoms with Crippen molar-refractivity contribution in [2.75, 3.05) is 26.1 Å². The number of halogens is 1. The minimum absolute atomic E-state index is 0.0679. The first-order valence-corrected chi connectivity index (χ1v) is 5.92. The lowest BCUT2D eigenvalue weighted by Crippen LogP contribution is -2.45. The maximum Gasteiger partial charge on any atom is 0.318 e. The molecule has 1 aliphatic rings. The van der Waals surface area contributed by atoms with E-state index in [1.54, 1.807) is 7.11 Å². The third kappa shape index (κ3) is 2.61. The van der Waals surface area contributed by atoms with Gasteiger partial charge in [-0.2, -0.15) is 4.98 Å². The number of hydrogen-bond acceptors (Lipinski definition) is 5. The van der Waals surface area contributed by atoms with Crippen molar-refractivity contribution in [2.45, 2.75) is 24.9 Å². The summed E-state index contributed by atoms with van der Waals surface area (Å²) in [5, 5.41) is 3.68. The highest BCUT2D eigenvalue weighted by Gasteiger charge is 2.36. The van der Waals surface area contributed by atoms with E-state index in [1.807, 2.05) is 0 Å². The van der Waals surface area contributed by atoms with Crippen molar-refractivity contribution in [2.24, 2.45) is 0 Å². The number of methoxy groups -OCH3 is 2. The Morgan fingerprint density at radius 1 is 1.47 bits per heavy atom. The van der Waals surface area contributed by atoms with Gasteiger partial charge in [-0.25, -0.2) is 4.98 Å². The summed E-state index contributed by atoms with van der Waals surface area (Å²) in [4.78, 5) is 8.07. The van der Waals surface area contributed by atoms with Crippen LogP contribution in [0.2, 0.25) is 5.02 Å². The fourth-order valence-corrected chi connectivity index (χ4v) is 2.00. The number of aromatic nitrogens is 2. The van der Waals surface area contributed by atoms with E-state index in [4.69, 9.17) is 21.1 Å². The fraction of sp³-hybridized carbons (Fsp3) is 0.636. The van der Waals surface area contributed by atoms with Crippen LogP contribution in [0.15, 0.2) is 6.20 Å². The Hall–Kier alpha value is -1.07. The third-order valence-electron chi connectivity index (χ3n) is 3.18. The molecular weight excluding hydrogens is 242 g/mol. The molecule has 0 saturated heterocycles. The van der Waals surface area contributed by atoms with E-state index in [0.29, 0.717) is 23.4 Å². The molecule has 1 heterocycles. The van der Waals surface area contributed by atoms with Gasteiger partial charge in [0.1, 0.15) is 5.02 Å². The quantitative estimate of drug-likeness (QED) is 0.876. The van der Waals surface area contributed by atoms with E-state index >= 15 is 0 Å². The molecule has 1 saturated carbocycles. The van der Waals surface area contributed by atoms with Crippen LogP contribution >= 0.6 is 11.6 Å². The highest BCUT2D eigenvalue weighted by molar-refractivity contribution is 6.32. The molecule has 0 bridgehead atoms. The van der Waals surface area contributed by atoms with Crippen molar-refractivity contribution in [1.29, 1.82) is 0 Å². The Kier molecular flexibility index (Phi) is 3.69. The number of nitrogens with zero attached hydrogens (tertiary/aromatic N) is 2. The third-order valence-corrected chi connectivity index (χ3v) is 3.46. The Bertz CT molecular complexity index is 391. The topological polar surface area (TPSA) is 56.3 Å². The number of anilines is 1. The van der Waals surface area contributed by atoms with Gasteiger partial charge in [-0.05, 0) is 19.3 Å². The predicted molar refractivity (Wildman–Crippen MR) is 65.7 cm³/mol. The predicted octanol–water partition coefficient (Wildman–Crippen LogP) is 2.12. The highest BCUT2D eigenvalue weighted by atomic mass is 35.5. The molecule has 0 amide bonds. The second kappa shape index (κ2) is 5.06. The first kappa shape index (κ1) is 12.4. The van der Waals surface area contributed by atoms with Crippen LogP contribution in [0, 0.1) is 0 Å². The molecule has 1 aliphatic carbocycles. The van der Waals surface area contributed by atoms with E-state index in [-0.39, 0.29) is 5.60 Å². The van der Waals surface area contributed by atoms with Gasteiger partial charge in [-0.3, -0.25) is 0 Å². The van der Waals surface area contributed by atoms with Crippen LogP contribution in [-0.2, 0) is 4.74 Å². The minimum atomic E-state index is -0.0679. The van der Waals surface area contributed by atoms with Gasteiger partial charge in [0.05, 0.1) is 18.9 Å². The number of rotatable bonds is 5. The molecule has 1 N–H and O–H groups in total. The molecule has 17 heavy (non-hydrogen) atoms. The molecule has 1 fully saturated rings. The molecule has 1 aromatic rings. The van der Waals surface area contributed by atoms with Crippen molar-refractivity contribution in [3.8, 4) is 6.01 Å². The molecule has 0 spiro atoms. The summed E-state index contributed by atoms with van der Waals surface area (Å²) in [6.07, 6.45) is 4.86. The molecular formula is C11H16ClN3O2. The molecule has 0 atom stereocenters. The number of hydrogen-bond donors (Lipinski definition) is 1. The summed E-state index contributed by atoms with van der Waals surface area (Å²) in [5.41, 5.74) is -0.0679. The van der Waals surface area contributed by atoms with Crippen LogP contribution < -0.4 is 10.1 Å². The van der Waals surface area contributed by atoms with Gasteiger partial charge >= 0.3 is 6.01 Å². The van der Waals surface area contributed by atoms with Gasteiger partial charge in [0.2, 0.25) is 0 Å². The summed E-state index contributed by atoms with van der Waals surface area (Å²) in [7, 11) is 3.26. The Labute approximate surface area is 105 Å². The van der Waals surface area contributed by atoms with Gasteiger partial charge in [0.15, 0.2) is 5.82 Å². The van der Waals surface area contributed by atoms with Crippen LogP contribution in [-0.4, -0.2) is 36.3 Å². The molecule has 2 rings (SSSR count). The number of nitrogens with one attached hydrogen (secondary N) is 1. The SMILES string of the molecule is COc1ncc(Cl)c(NCC2(OC)CCC2)n1. The second-order valence-corrected chi connectivity index (χ2v) is 4.55. The van der Waals surface area contributed by atoms with Crippen molar-refractivity contribution >= 4 is 17.4 Å².